The SMILES string of the molecule is CN/C=C(\C=N)c1ccc(N)c(C(=N)c2cc3cc(CN4CCC(N(C)C)CC4)ccc3[nH]2)c1. The number of likely N-dealkylation sites (tertiary alicyclic amines) is 1. The fourth-order valence-electron chi connectivity index (χ4n) is 4.73. The van der Waals surface area contributed by atoms with Crippen LogP contribution in [0.2, 0.25) is 0 Å². The van der Waals surface area contributed by atoms with Crippen molar-refractivity contribution in [2.45, 2.75) is 25.4 Å². The number of H-pyrrole nitrogens is 1. The summed E-state index contributed by atoms with van der Waals surface area (Å²) in [4.78, 5) is 8.26. The average Bonchev–Trinajstić information content (AvgIpc) is 3.26. The molecule has 1 saturated heterocycles. The van der Waals surface area contributed by atoms with Crippen molar-refractivity contribution >= 4 is 34.1 Å². The highest BCUT2D eigenvalue weighted by Crippen LogP contribution is 2.25. The largest absolute Gasteiger partial charge is 0.398 e. The molecule has 0 bridgehead atoms. The van der Waals surface area contributed by atoms with Gasteiger partial charge >= 0.3 is 0 Å². The number of benzene rings is 2. The van der Waals surface area contributed by atoms with E-state index in [0.29, 0.717) is 23.0 Å². The molecule has 6 N–H and O–H groups in total. The molecule has 1 fully saturated rings. The molecule has 34 heavy (non-hydrogen) atoms. The molecule has 0 unspecified atom stereocenters. The highest BCUT2D eigenvalue weighted by molar-refractivity contribution is 6.16. The van der Waals surface area contributed by atoms with E-state index in [1.165, 1.54) is 24.6 Å². The summed E-state index contributed by atoms with van der Waals surface area (Å²) >= 11 is 0. The fraction of sp³-hybridized carbons (Fsp3) is 0.333. The summed E-state index contributed by atoms with van der Waals surface area (Å²) in [7, 11) is 6.14. The van der Waals surface area contributed by atoms with Gasteiger partial charge in [0.15, 0.2) is 0 Å². The third kappa shape index (κ3) is 5.05. The molecule has 0 saturated carbocycles. The van der Waals surface area contributed by atoms with Crippen LogP contribution in [0.3, 0.4) is 0 Å². The maximum atomic E-state index is 8.84. The Balaban J connectivity index is 1.54. The zero-order valence-electron chi connectivity index (χ0n) is 20.3. The second-order valence-corrected chi connectivity index (χ2v) is 9.29. The first-order chi connectivity index (χ1) is 16.4. The summed E-state index contributed by atoms with van der Waals surface area (Å²) < 4.78 is 0. The number of piperidine rings is 1. The van der Waals surface area contributed by atoms with Gasteiger partial charge in [-0.05, 0) is 81.5 Å². The van der Waals surface area contributed by atoms with Crippen molar-refractivity contribution in [2.24, 2.45) is 0 Å². The van der Waals surface area contributed by atoms with E-state index in [9.17, 15) is 0 Å². The number of aromatic nitrogens is 1. The lowest BCUT2D eigenvalue weighted by Crippen LogP contribution is -2.41. The molecule has 1 aromatic heterocycles. The number of aromatic amines is 1. The van der Waals surface area contributed by atoms with Crippen molar-refractivity contribution < 1.29 is 0 Å². The van der Waals surface area contributed by atoms with E-state index in [1.807, 2.05) is 18.2 Å². The van der Waals surface area contributed by atoms with E-state index in [-0.39, 0.29) is 0 Å². The van der Waals surface area contributed by atoms with Crippen LogP contribution in [-0.4, -0.2) is 67.0 Å². The summed E-state index contributed by atoms with van der Waals surface area (Å²) in [5, 5.41) is 20.6. The number of hydrogen-bond donors (Lipinski definition) is 5. The highest BCUT2D eigenvalue weighted by Gasteiger charge is 2.20. The summed E-state index contributed by atoms with van der Waals surface area (Å²) in [6.07, 6.45) is 5.48. The normalized spacial score (nSPS) is 15.7. The summed E-state index contributed by atoms with van der Waals surface area (Å²) in [6.45, 7) is 3.20. The minimum absolute atomic E-state index is 0.344. The van der Waals surface area contributed by atoms with Crippen LogP contribution in [0.25, 0.3) is 16.5 Å². The van der Waals surface area contributed by atoms with Gasteiger partial charge in [0.05, 0.1) is 11.4 Å². The molecule has 1 aliphatic rings. The van der Waals surface area contributed by atoms with Crippen LogP contribution < -0.4 is 11.1 Å². The number of fused-ring (bicyclic) bond motifs is 1. The first kappa shape index (κ1) is 23.7. The van der Waals surface area contributed by atoms with Crippen LogP contribution in [0.4, 0.5) is 5.69 Å². The maximum absolute atomic E-state index is 8.84. The van der Waals surface area contributed by atoms with Gasteiger partial charge in [0.1, 0.15) is 0 Å². The van der Waals surface area contributed by atoms with Crippen LogP contribution in [0, 0.1) is 10.8 Å². The van der Waals surface area contributed by atoms with E-state index < -0.39 is 0 Å². The first-order valence-electron chi connectivity index (χ1n) is 11.8. The zero-order chi connectivity index (χ0) is 24.2. The van der Waals surface area contributed by atoms with Crippen molar-refractivity contribution in [2.75, 3.05) is 40.0 Å². The first-order valence-corrected chi connectivity index (χ1v) is 11.8. The Hall–Kier alpha value is -3.42. The maximum Gasteiger partial charge on any atom is 0.0868 e. The van der Waals surface area contributed by atoms with Crippen molar-refractivity contribution in [1.29, 1.82) is 10.8 Å². The second-order valence-electron chi connectivity index (χ2n) is 9.29. The van der Waals surface area contributed by atoms with Crippen LogP contribution >= 0.6 is 0 Å². The Labute approximate surface area is 201 Å². The number of nitrogens with zero attached hydrogens (tertiary/aromatic N) is 2. The molecule has 3 aromatic rings. The number of anilines is 1. The number of allylic oxidation sites excluding steroid dienone is 1. The van der Waals surface area contributed by atoms with Gasteiger partial charge in [-0.15, -0.1) is 0 Å². The molecule has 1 aliphatic heterocycles. The lowest BCUT2D eigenvalue weighted by molar-refractivity contribution is 0.140. The van der Waals surface area contributed by atoms with Gasteiger partial charge in [-0.25, -0.2) is 0 Å². The van der Waals surface area contributed by atoms with Gasteiger partial charge < -0.3 is 26.3 Å². The summed E-state index contributed by atoms with van der Waals surface area (Å²) in [5.74, 6) is 0. The minimum Gasteiger partial charge on any atom is -0.398 e. The molecular weight excluding hydrogens is 422 g/mol. The monoisotopic (exact) mass is 457 g/mol. The molecule has 178 valence electrons. The molecule has 0 amide bonds. The van der Waals surface area contributed by atoms with Gasteiger partial charge in [-0.1, -0.05) is 12.1 Å². The molecule has 7 heteroatoms. The smallest absolute Gasteiger partial charge is 0.0868 e. The summed E-state index contributed by atoms with van der Waals surface area (Å²) in [6, 6.07) is 14.8. The van der Waals surface area contributed by atoms with Crippen LogP contribution in [0.15, 0.2) is 48.7 Å². The van der Waals surface area contributed by atoms with Gasteiger partial charge in [0, 0.05) is 59.8 Å². The molecular formula is C27H35N7. The predicted molar refractivity (Wildman–Crippen MR) is 143 cm³/mol. The number of nitrogens with two attached hydrogens (primary N) is 1. The van der Waals surface area contributed by atoms with Crippen LogP contribution in [-0.2, 0) is 6.54 Å². The van der Waals surface area contributed by atoms with Crippen molar-refractivity contribution in [3.63, 3.8) is 0 Å². The molecule has 4 rings (SSSR count). The highest BCUT2D eigenvalue weighted by atomic mass is 15.2. The Bertz CT molecular complexity index is 1210. The Morgan fingerprint density at radius 3 is 2.62 bits per heavy atom. The van der Waals surface area contributed by atoms with Crippen molar-refractivity contribution in [3.05, 3.63) is 71.0 Å². The fourth-order valence-corrected chi connectivity index (χ4v) is 4.73. The van der Waals surface area contributed by atoms with Crippen molar-refractivity contribution in [1.82, 2.24) is 20.1 Å². The number of rotatable bonds is 8. The molecule has 7 nitrogen and oxygen atoms in total. The van der Waals surface area contributed by atoms with Crippen LogP contribution in [0.5, 0.6) is 0 Å². The Morgan fingerprint density at radius 1 is 1.18 bits per heavy atom. The number of nitrogens with one attached hydrogen (secondary N) is 4. The quantitative estimate of drug-likeness (QED) is 0.261. The number of nitrogen functional groups attached to an aromatic ring is 1. The Kier molecular flexibility index (Phi) is 7.14. The molecule has 2 aromatic carbocycles. The lowest BCUT2D eigenvalue weighted by atomic mass is 9.99. The summed E-state index contributed by atoms with van der Waals surface area (Å²) in [5.41, 5.74) is 12.4. The molecule has 0 aliphatic carbocycles. The molecule has 0 radical (unpaired) electrons. The third-order valence-electron chi connectivity index (χ3n) is 6.76. The topological polar surface area (TPSA) is 108 Å². The third-order valence-corrected chi connectivity index (χ3v) is 6.76. The standard InChI is InChI=1S/C27H35N7/c1-31-16-21(15-28)19-5-6-24(29)23(13-19)27(30)26-14-20-12-18(4-7-25(20)32-26)17-34-10-8-22(9-11-34)33(2)3/h4-7,12-16,22,28,30-32H,8-11,17,29H2,1-3H3/b21-16+,28-15?,30-27?. The van der Waals surface area contributed by atoms with Gasteiger partial charge in [-0.3, -0.25) is 10.3 Å². The average molecular weight is 458 g/mol. The van der Waals surface area contributed by atoms with Crippen molar-refractivity contribution in [3.8, 4) is 0 Å². The van der Waals surface area contributed by atoms with E-state index >= 15 is 0 Å². The van der Waals surface area contributed by atoms with E-state index in [0.717, 1.165) is 47.4 Å². The zero-order valence-corrected chi connectivity index (χ0v) is 20.3. The minimum atomic E-state index is 0.344. The molecule has 0 atom stereocenters. The predicted octanol–water partition coefficient (Wildman–Crippen LogP) is 3.90. The van der Waals surface area contributed by atoms with Crippen LogP contribution in [0.1, 0.15) is 35.2 Å². The lowest BCUT2D eigenvalue weighted by Gasteiger charge is -2.35. The van der Waals surface area contributed by atoms with Gasteiger partial charge in [0.25, 0.3) is 0 Å². The Morgan fingerprint density at radius 2 is 1.94 bits per heavy atom. The van der Waals surface area contributed by atoms with Gasteiger partial charge in [-0.2, -0.15) is 0 Å². The van der Waals surface area contributed by atoms with E-state index in [4.69, 9.17) is 16.6 Å². The molecule has 0 spiro atoms. The second kappa shape index (κ2) is 10.2. The van der Waals surface area contributed by atoms with Gasteiger partial charge in [0.2, 0.25) is 0 Å². The van der Waals surface area contributed by atoms with E-state index in [2.05, 4.69) is 52.4 Å². The number of hydrogen-bond acceptors (Lipinski definition) is 6. The van der Waals surface area contributed by atoms with E-state index in [1.54, 1.807) is 19.3 Å². The molecule has 2 heterocycles.